The third-order valence-corrected chi connectivity index (χ3v) is 6.68. The number of nitrogens with one attached hydrogen (secondary N) is 1. The molecule has 0 bridgehead atoms. The van der Waals surface area contributed by atoms with E-state index in [0.717, 1.165) is 44.6 Å². The Kier molecular flexibility index (Phi) is 5.80. The predicted molar refractivity (Wildman–Crippen MR) is 132 cm³/mol. The van der Waals surface area contributed by atoms with Crippen LogP contribution in [0.5, 0.6) is 5.75 Å². The second-order valence-corrected chi connectivity index (χ2v) is 8.67. The average molecular weight is 454 g/mol. The fourth-order valence-electron chi connectivity index (χ4n) is 4.88. The minimum atomic E-state index is -0.619. The molecule has 0 spiro atoms. The van der Waals surface area contributed by atoms with Crippen LogP contribution in [0.2, 0.25) is 0 Å². The quantitative estimate of drug-likeness (QED) is 0.458. The summed E-state index contributed by atoms with van der Waals surface area (Å²) < 4.78 is 5.30. The molecule has 6 nitrogen and oxygen atoms in total. The molecule has 0 unspecified atom stereocenters. The molecule has 3 aromatic carbocycles. The maximum atomic E-state index is 13.4. The average Bonchev–Trinajstić information content (AvgIpc) is 3.25. The summed E-state index contributed by atoms with van der Waals surface area (Å²) in [7, 11) is 1.65. The van der Waals surface area contributed by atoms with Crippen molar-refractivity contribution in [3.8, 4) is 17.0 Å². The lowest BCUT2D eigenvalue weighted by molar-refractivity contribution is -0.140. The number of aromatic nitrogens is 1. The van der Waals surface area contributed by atoms with Gasteiger partial charge < -0.3 is 20.4 Å². The van der Waals surface area contributed by atoms with Crippen molar-refractivity contribution in [3.05, 3.63) is 89.5 Å². The molecule has 0 fully saturated rings. The zero-order chi connectivity index (χ0) is 23.7. The summed E-state index contributed by atoms with van der Waals surface area (Å²) >= 11 is 0. The summed E-state index contributed by atoms with van der Waals surface area (Å²) in [6, 6.07) is 23.3. The number of para-hydroxylation sites is 1. The molecule has 0 saturated carbocycles. The van der Waals surface area contributed by atoms with Crippen molar-refractivity contribution < 1.29 is 14.3 Å². The van der Waals surface area contributed by atoms with E-state index in [-0.39, 0.29) is 12.3 Å². The maximum absolute atomic E-state index is 13.4. The van der Waals surface area contributed by atoms with Gasteiger partial charge in [0.1, 0.15) is 11.8 Å². The van der Waals surface area contributed by atoms with Gasteiger partial charge in [0.05, 0.1) is 7.11 Å². The van der Waals surface area contributed by atoms with Gasteiger partial charge >= 0.3 is 0 Å². The number of carbonyl (C=O) groups is 2. The summed E-state index contributed by atoms with van der Waals surface area (Å²) in [4.78, 5) is 30.7. The fraction of sp³-hybridized carbons (Fsp3) is 0.214. The van der Waals surface area contributed by atoms with Crippen molar-refractivity contribution in [2.24, 2.45) is 5.73 Å². The number of methoxy groups -OCH3 is 1. The van der Waals surface area contributed by atoms with Crippen molar-refractivity contribution >= 4 is 22.7 Å². The molecule has 0 aliphatic carbocycles. The molecule has 4 aromatic rings. The van der Waals surface area contributed by atoms with Crippen LogP contribution >= 0.6 is 0 Å². The van der Waals surface area contributed by atoms with Crippen LogP contribution in [-0.4, -0.2) is 34.8 Å². The van der Waals surface area contributed by atoms with E-state index < -0.39 is 11.9 Å². The van der Waals surface area contributed by atoms with Crippen molar-refractivity contribution in [1.29, 1.82) is 0 Å². The highest BCUT2D eigenvalue weighted by molar-refractivity contribution is 5.92. The first-order valence-corrected chi connectivity index (χ1v) is 11.4. The van der Waals surface area contributed by atoms with E-state index >= 15 is 0 Å². The Balaban J connectivity index is 1.43. The second kappa shape index (κ2) is 9.06. The number of H-pyrrole nitrogens is 1. The van der Waals surface area contributed by atoms with Gasteiger partial charge in [0.2, 0.25) is 11.8 Å². The van der Waals surface area contributed by atoms with E-state index in [2.05, 4.69) is 11.1 Å². The number of benzene rings is 3. The zero-order valence-corrected chi connectivity index (χ0v) is 19.1. The SMILES string of the molecule is COc1ccc(-c2[nH]c3ccccc3c2CCC(=O)N2Cc3ccccc3C[C@@H]2C(N)=O)cc1. The number of aryl methyl sites for hydroxylation is 1. The van der Waals surface area contributed by atoms with E-state index in [0.29, 0.717) is 19.4 Å². The summed E-state index contributed by atoms with van der Waals surface area (Å²) in [6.07, 6.45) is 1.30. The highest BCUT2D eigenvalue weighted by atomic mass is 16.5. The normalized spacial score (nSPS) is 15.2. The second-order valence-electron chi connectivity index (χ2n) is 8.67. The van der Waals surface area contributed by atoms with Crippen molar-refractivity contribution in [2.75, 3.05) is 7.11 Å². The van der Waals surface area contributed by atoms with Crippen molar-refractivity contribution in [2.45, 2.75) is 31.8 Å². The number of amides is 2. The largest absolute Gasteiger partial charge is 0.497 e. The number of ether oxygens (including phenoxy) is 1. The van der Waals surface area contributed by atoms with Crippen LogP contribution in [0.25, 0.3) is 22.2 Å². The van der Waals surface area contributed by atoms with Crippen molar-refractivity contribution in [1.82, 2.24) is 9.88 Å². The van der Waals surface area contributed by atoms with Gasteiger partial charge in [-0.3, -0.25) is 9.59 Å². The Hall–Kier alpha value is -4.06. The van der Waals surface area contributed by atoms with Crippen LogP contribution in [0.15, 0.2) is 72.8 Å². The van der Waals surface area contributed by atoms with E-state index in [9.17, 15) is 9.59 Å². The Bertz CT molecular complexity index is 1360. The molecule has 1 aliphatic rings. The molecule has 2 amide bonds. The highest BCUT2D eigenvalue weighted by Crippen LogP contribution is 2.33. The van der Waals surface area contributed by atoms with Crippen molar-refractivity contribution in [3.63, 3.8) is 0 Å². The number of primary amides is 1. The fourth-order valence-corrected chi connectivity index (χ4v) is 4.88. The molecule has 2 heterocycles. The molecule has 0 radical (unpaired) electrons. The van der Waals surface area contributed by atoms with Crippen LogP contribution in [0.1, 0.15) is 23.1 Å². The predicted octanol–water partition coefficient (Wildman–Crippen LogP) is 4.21. The van der Waals surface area contributed by atoms with Gasteiger partial charge in [-0.05, 0) is 59.0 Å². The molecule has 6 heteroatoms. The maximum Gasteiger partial charge on any atom is 0.240 e. The topological polar surface area (TPSA) is 88.4 Å². The third kappa shape index (κ3) is 4.03. The number of rotatable bonds is 6. The van der Waals surface area contributed by atoms with Crippen LogP contribution in [0, 0.1) is 0 Å². The lowest BCUT2D eigenvalue weighted by atomic mass is 9.93. The first kappa shape index (κ1) is 21.8. The van der Waals surface area contributed by atoms with Gasteiger partial charge in [-0.15, -0.1) is 0 Å². The first-order chi connectivity index (χ1) is 16.5. The third-order valence-electron chi connectivity index (χ3n) is 6.68. The zero-order valence-electron chi connectivity index (χ0n) is 19.1. The van der Waals surface area contributed by atoms with Gasteiger partial charge in [-0.1, -0.05) is 42.5 Å². The van der Waals surface area contributed by atoms with E-state index in [1.165, 1.54) is 0 Å². The number of hydrogen-bond donors (Lipinski definition) is 2. The molecule has 172 valence electrons. The Labute approximate surface area is 198 Å². The number of hydrogen-bond acceptors (Lipinski definition) is 3. The number of carbonyl (C=O) groups excluding carboxylic acids is 2. The minimum absolute atomic E-state index is 0.0655. The van der Waals surface area contributed by atoms with Gasteiger partial charge in [0.15, 0.2) is 0 Å². The Morgan fingerprint density at radius 3 is 2.44 bits per heavy atom. The molecule has 3 N–H and O–H groups in total. The van der Waals surface area contributed by atoms with Gasteiger partial charge in [0.25, 0.3) is 0 Å². The summed E-state index contributed by atoms with van der Waals surface area (Å²) in [6.45, 7) is 0.405. The summed E-state index contributed by atoms with van der Waals surface area (Å²) in [5.74, 6) is 0.262. The van der Waals surface area contributed by atoms with Crippen LogP contribution < -0.4 is 10.5 Å². The number of nitrogens with zero attached hydrogens (tertiary/aromatic N) is 1. The first-order valence-electron chi connectivity index (χ1n) is 11.4. The molecule has 1 aliphatic heterocycles. The molecular formula is C28H27N3O3. The molecule has 5 rings (SSSR count). The highest BCUT2D eigenvalue weighted by Gasteiger charge is 2.33. The smallest absolute Gasteiger partial charge is 0.240 e. The number of fused-ring (bicyclic) bond motifs is 2. The monoisotopic (exact) mass is 453 g/mol. The molecule has 1 aromatic heterocycles. The van der Waals surface area contributed by atoms with Gasteiger partial charge in [-0.25, -0.2) is 0 Å². The lowest BCUT2D eigenvalue weighted by Crippen LogP contribution is -2.51. The lowest BCUT2D eigenvalue weighted by Gasteiger charge is -2.35. The van der Waals surface area contributed by atoms with Crippen LogP contribution in [0.3, 0.4) is 0 Å². The van der Waals surface area contributed by atoms with Gasteiger partial charge in [0, 0.05) is 36.0 Å². The Morgan fingerprint density at radius 2 is 1.71 bits per heavy atom. The van der Waals surface area contributed by atoms with E-state index in [4.69, 9.17) is 10.5 Å². The Morgan fingerprint density at radius 1 is 1.00 bits per heavy atom. The van der Waals surface area contributed by atoms with Crippen LogP contribution in [-0.2, 0) is 29.0 Å². The van der Waals surface area contributed by atoms with E-state index in [1.807, 2.05) is 66.7 Å². The standard InChI is InChI=1S/C28H27N3O3/c1-34-21-12-10-18(11-13-21)27-23(22-8-4-5-9-24(22)30-27)14-15-26(32)31-17-20-7-3-2-6-19(20)16-25(31)28(29)33/h2-13,25,30H,14-17H2,1H3,(H2,29,33)/t25-/m1/s1. The summed E-state index contributed by atoms with van der Waals surface area (Å²) in [5.41, 5.74) is 12.0. The molecule has 1 atom stereocenters. The molecular weight excluding hydrogens is 426 g/mol. The molecule has 34 heavy (non-hydrogen) atoms. The summed E-state index contributed by atoms with van der Waals surface area (Å²) in [5, 5.41) is 1.09. The number of nitrogens with two attached hydrogens (primary N) is 1. The van der Waals surface area contributed by atoms with Gasteiger partial charge in [-0.2, -0.15) is 0 Å². The number of aromatic amines is 1. The molecule has 0 saturated heterocycles. The van der Waals surface area contributed by atoms with E-state index in [1.54, 1.807) is 12.0 Å². The minimum Gasteiger partial charge on any atom is -0.497 e. The van der Waals surface area contributed by atoms with Crippen LogP contribution in [0.4, 0.5) is 0 Å².